The van der Waals surface area contributed by atoms with E-state index in [-0.39, 0.29) is 12.2 Å². The van der Waals surface area contributed by atoms with Gasteiger partial charge in [-0.3, -0.25) is 4.79 Å². The van der Waals surface area contributed by atoms with E-state index in [0.717, 1.165) is 15.6 Å². The molecule has 0 fully saturated rings. The third kappa shape index (κ3) is 8.26. The fourth-order valence-electron chi connectivity index (χ4n) is 3.44. The highest BCUT2D eigenvalue weighted by Crippen LogP contribution is 2.28. The Balaban J connectivity index is 1.43. The Morgan fingerprint density at radius 2 is 1.59 bits per heavy atom. The average molecular weight is 643 g/mol. The molecule has 39 heavy (non-hydrogen) atoms. The number of nitriles is 1. The van der Waals surface area contributed by atoms with Crippen molar-refractivity contribution >= 4 is 68.4 Å². The molecule has 0 saturated carbocycles. The second-order valence-electron chi connectivity index (χ2n) is 8.27. The number of carbonyl (C=O) groups excluding carboxylic acids is 1. The average Bonchev–Trinajstić information content (AvgIpc) is 2.92. The van der Waals surface area contributed by atoms with Gasteiger partial charge in [0.05, 0.1) is 0 Å². The summed E-state index contributed by atoms with van der Waals surface area (Å²) in [7, 11) is 0. The van der Waals surface area contributed by atoms with Gasteiger partial charge in [0.2, 0.25) is 0 Å². The maximum Gasteiger partial charge on any atom is 0.266 e. The van der Waals surface area contributed by atoms with Gasteiger partial charge >= 0.3 is 0 Å². The van der Waals surface area contributed by atoms with Gasteiger partial charge in [-0.05, 0) is 78.4 Å². The van der Waals surface area contributed by atoms with Crippen molar-refractivity contribution in [2.24, 2.45) is 0 Å². The fourth-order valence-corrected chi connectivity index (χ4v) is 4.41. The first-order valence-electron chi connectivity index (χ1n) is 11.6. The van der Waals surface area contributed by atoms with Gasteiger partial charge in [-0.2, -0.15) is 5.26 Å². The molecular formula is C30H20BrCl3N2O3. The summed E-state index contributed by atoms with van der Waals surface area (Å²) in [5.41, 5.74) is 2.70. The molecule has 0 aliphatic carbocycles. The van der Waals surface area contributed by atoms with Crippen LogP contribution in [0, 0.1) is 11.3 Å². The van der Waals surface area contributed by atoms with Crippen LogP contribution in [0.1, 0.15) is 16.7 Å². The van der Waals surface area contributed by atoms with Crippen molar-refractivity contribution in [3.8, 4) is 17.6 Å². The van der Waals surface area contributed by atoms with Crippen LogP contribution in [-0.2, 0) is 18.0 Å². The number of ether oxygens (including phenoxy) is 2. The van der Waals surface area contributed by atoms with E-state index in [4.69, 9.17) is 44.3 Å². The molecule has 5 nitrogen and oxygen atoms in total. The van der Waals surface area contributed by atoms with Crippen molar-refractivity contribution in [3.05, 3.63) is 127 Å². The Hall–Kier alpha value is -3.47. The van der Waals surface area contributed by atoms with Crippen LogP contribution in [0.25, 0.3) is 6.08 Å². The van der Waals surface area contributed by atoms with Gasteiger partial charge in [0.25, 0.3) is 5.91 Å². The highest BCUT2D eigenvalue weighted by Gasteiger charge is 2.13. The van der Waals surface area contributed by atoms with Gasteiger partial charge in [0, 0.05) is 36.4 Å². The molecule has 0 aromatic heterocycles. The highest BCUT2D eigenvalue weighted by atomic mass is 79.9. The van der Waals surface area contributed by atoms with E-state index in [2.05, 4.69) is 21.2 Å². The van der Waals surface area contributed by atoms with Gasteiger partial charge in [-0.1, -0.05) is 68.9 Å². The van der Waals surface area contributed by atoms with Crippen LogP contribution in [0.3, 0.4) is 0 Å². The van der Waals surface area contributed by atoms with Crippen LogP contribution in [0.2, 0.25) is 15.1 Å². The van der Waals surface area contributed by atoms with Crippen molar-refractivity contribution in [1.29, 1.82) is 5.26 Å². The van der Waals surface area contributed by atoms with E-state index in [0.29, 0.717) is 44.4 Å². The third-order valence-electron chi connectivity index (χ3n) is 5.47. The predicted molar refractivity (Wildman–Crippen MR) is 159 cm³/mol. The van der Waals surface area contributed by atoms with E-state index in [1.165, 1.54) is 6.08 Å². The summed E-state index contributed by atoms with van der Waals surface area (Å²) in [6, 6.07) is 26.7. The molecule has 4 aromatic carbocycles. The largest absolute Gasteiger partial charge is 0.489 e. The van der Waals surface area contributed by atoms with Crippen molar-refractivity contribution < 1.29 is 14.3 Å². The highest BCUT2D eigenvalue weighted by molar-refractivity contribution is 9.10. The van der Waals surface area contributed by atoms with Gasteiger partial charge in [-0.25, -0.2) is 0 Å². The minimum absolute atomic E-state index is 0.0921. The first kappa shape index (κ1) is 28.5. The molecule has 0 radical (unpaired) electrons. The lowest BCUT2D eigenvalue weighted by Gasteiger charge is -2.12. The third-order valence-corrected chi connectivity index (χ3v) is 6.80. The number of nitrogens with zero attached hydrogens (tertiary/aromatic N) is 1. The summed E-state index contributed by atoms with van der Waals surface area (Å²) in [4.78, 5) is 12.9. The topological polar surface area (TPSA) is 71.3 Å². The standard InChI is InChI=1S/C30H20BrCl3N2O3/c31-23-4-12-29(39-18-20-3-7-25(33)15-28(20)34)21(14-23)13-22(16-35)30(37)36-26-8-10-27(11-9-26)38-17-19-1-5-24(32)6-2-19/h1-15H,17-18H2,(H,36,37)/b22-13+. The molecule has 0 bridgehead atoms. The Kier molecular flexibility index (Phi) is 9.91. The number of amides is 1. The fraction of sp³-hybridized carbons (Fsp3) is 0.0667. The van der Waals surface area contributed by atoms with Gasteiger partial charge in [0.1, 0.15) is 36.4 Å². The minimum atomic E-state index is -0.556. The van der Waals surface area contributed by atoms with E-state index >= 15 is 0 Å². The van der Waals surface area contributed by atoms with Crippen LogP contribution in [0.4, 0.5) is 5.69 Å². The van der Waals surface area contributed by atoms with Crippen LogP contribution in [0.15, 0.2) is 95.0 Å². The molecule has 0 saturated heterocycles. The molecule has 0 heterocycles. The van der Waals surface area contributed by atoms with Gasteiger partial charge in [0.15, 0.2) is 0 Å². The Morgan fingerprint density at radius 3 is 2.28 bits per heavy atom. The minimum Gasteiger partial charge on any atom is -0.489 e. The number of hydrogen-bond donors (Lipinski definition) is 1. The Bertz CT molecular complexity index is 1550. The van der Waals surface area contributed by atoms with Gasteiger partial charge < -0.3 is 14.8 Å². The number of nitrogens with one attached hydrogen (secondary N) is 1. The lowest BCUT2D eigenvalue weighted by molar-refractivity contribution is -0.112. The molecule has 0 unspecified atom stereocenters. The zero-order valence-corrected chi connectivity index (χ0v) is 24.1. The van der Waals surface area contributed by atoms with Crippen LogP contribution in [-0.4, -0.2) is 5.91 Å². The first-order valence-corrected chi connectivity index (χ1v) is 13.5. The number of benzene rings is 4. The smallest absolute Gasteiger partial charge is 0.266 e. The molecule has 4 aromatic rings. The molecule has 0 aliphatic rings. The van der Waals surface area contributed by atoms with Crippen molar-refractivity contribution in [2.45, 2.75) is 13.2 Å². The Labute approximate surface area is 249 Å². The van der Waals surface area contributed by atoms with Crippen molar-refractivity contribution in [1.82, 2.24) is 0 Å². The number of rotatable bonds is 9. The molecule has 1 amide bonds. The summed E-state index contributed by atoms with van der Waals surface area (Å²) in [6.45, 7) is 0.560. The molecule has 0 spiro atoms. The number of carbonyl (C=O) groups is 1. The molecule has 0 aliphatic heterocycles. The zero-order chi connectivity index (χ0) is 27.8. The summed E-state index contributed by atoms with van der Waals surface area (Å²) >= 11 is 21.6. The van der Waals surface area contributed by atoms with E-state index < -0.39 is 5.91 Å². The summed E-state index contributed by atoms with van der Waals surface area (Å²) in [6.07, 6.45) is 1.47. The summed E-state index contributed by atoms with van der Waals surface area (Å²) < 4.78 is 12.5. The number of anilines is 1. The summed E-state index contributed by atoms with van der Waals surface area (Å²) in [5, 5.41) is 14.1. The zero-order valence-electron chi connectivity index (χ0n) is 20.3. The Morgan fingerprint density at radius 1 is 0.872 bits per heavy atom. The van der Waals surface area contributed by atoms with Crippen molar-refractivity contribution in [2.75, 3.05) is 5.32 Å². The number of hydrogen-bond acceptors (Lipinski definition) is 4. The van der Waals surface area contributed by atoms with E-state index in [1.807, 2.05) is 18.2 Å². The predicted octanol–water partition coefficient (Wildman–Crippen LogP) is 9.11. The molecule has 0 atom stereocenters. The van der Waals surface area contributed by atoms with Crippen LogP contribution in [0.5, 0.6) is 11.5 Å². The van der Waals surface area contributed by atoms with E-state index in [1.54, 1.807) is 72.8 Å². The molecule has 196 valence electrons. The van der Waals surface area contributed by atoms with Gasteiger partial charge in [-0.15, -0.1) is 0 Å². The molecule has 4 rings (SSSR count). The lowest BCUT2D eigenvalue weighted by Crippen LogP contribution is -2.13. The lowest BCUT2D eigenvalue weighted by atomic mass is 10.1. The maximum absolute atomic E-state index is 12.9. The maximum atomic E-state index is 12.9. The molecular weight excluding hydrogens is 623 g/mol. The van der Waals surface area contributed by atoms with Crippen LogP contribution >= 0.6 is 50.7 Å². The SMILES string of the molecule is N#C/C(=C\c1cc(Br)ccc1OCc1ccc(Cl)cc1Cl)C(=O)Nc1ccc(OCc2ccc(Cl)cc2)cc1. The van der Waals surface area contributed by atoms with Crippen LogP contribution < -0.4 is 14.8 Å². The second-order valence-corrected chi connectivity index (χ2v) is 10.5. The summed E-state index contributed by atoms with van der Waals surface area (Å²) in [5.74, 6) is 0.557. The van der Waals surface area contributed by atoms with E-state index in [9.17, 15) is 10.1 Å². The molecule has 9 heteroatoms. The first-order chi connectivity index (χ1) is 18.8. The monoisotopic (exact) mass is 640 g/mol. The van der Waals surface area contributed by atoms with Crippen molar-refractivity contribution in [3.63, 3.8) is 0 Å². The second kappa shape index (κ2) is 13.5. The molecule has 1 N–H and O–H groups in total. The quantitative estimate of drug-likeness (QED) is 0.146. The number of halogens is 4. The normalized spacial score (nSPS) is 11.0.